The number of carboxylic acid groups (broad SMARTS) is 1. The Morgan fingerprint density at radius 3 is 2.44 bits per heavy atom. The van der Waals surface area contributed by atoms with E-state index in [9.17, 15) is 18.4 Å². The monoisotopic (exact) mass is 253 g/mol. The van der Waals surface area contributed by atoms with Crippen LogP contribution in [0.3, 0.4) is 0 Å². The minimum Gasteiger partial charge on any atom is -0.465 e. The van der Waals surface area contributed by atoms with E-state index in [0.29, 0.717) is 6.07 Å². The van der Waals surface area contributed by atoms with Crippen LogP contribution >= 0.6 is 0 Å². The molecular weight excluding hydrogens is 244 g/mol. The Morgan fingerprint density at radius 2 is 1.89 bits per heavy atom. The van der Waals surface area contributed by atoms with Crippen LogP contribution in [0, 0.1) is 11.6 Å². The van der Waals surface area contributed by atoms with E-state index in [0.717, 1.165) is 29.3 Å². The van der Waals surface area contributed by atoms with Gasteiger partial charge in [-0.3, -0.25) is 9.69 Å². The predicted octanol–water partition coefficient (Wildman–Crippen LogP) is 2.47. The average molecular weight is 253 g/mol. The Labute approximate surface area is 101 Å². The highest BCUT2D eigenvalue weighted by molar-refractivity contribution is 5.92. The van der Waals surface area contributed by atoms with Crippen molar-refractivity contribution in [2.75, 3.05) is 0 Å². The summed E-state index contributed by atoms with van der Waals surface area (Å²) in [6.45, 7) is 0. The highest BCUT2D eigenvalue weighted by Crippen LogP contribution is 2.29. The number of rotatable bonds is 1. The van der Waals surface area contributed by atoms with Gasteiger partial charge in [0.1, 0.15) is 11.6 Å². The Kier molecular flexibility index (Phi) is 3.10. The van der Waals surface area contributed by atoms with E-state index in [1.165, 1.54) is 0 Å². The van der Waals surface area contributed by atoms with Crippen molar-refractivity contribution in [1.29, 1.82) is 0 Å². The van der Waals surface area contributed by atoms with Crippen LogP contribution in [0.15, 0.2) is 30.5 Å². The largest absolute Gasteiger partial charge is 0.465 e. The summed E-state index contributed by atoms with van der Waals surface area (Å²) in [4.78, 5) is 23.1. The smallest absolute Gasteiger partial charge is 0.411 e. The first-order chi connectivity index (χ1) is 8.47. The normalized spacial score (nSPS) is 19.1. The van der Waals surface area contributed by atoms with Crippen molar-refractivity contribution in [3.8, 4) is 0 Å². The fraction of sp³-hybridized carbons (Fsp3) is 0.167. The summed E-state index contributed by atoms with van der Waals surface area (Å²) in [5.41, 5.74) is 0.118. The Balaban J connectivity index is 2.43. The van der Waals surface area contributed by atoms with Gasteiger partial charge in [-0.1, -0.05) is 0 Å². The molecule has 0 radical (unpaired) electrons. The maximum atomic E-state index is 13.1. The molecule has 1 heterocycles. The first-order valence-electron chi connectivity index (χ1n) is 5.15. The van der Waals surface area contributed by atoms with Gasteiger partial charge in [0.25, 0.3) is 0 Å². The van der Waals surface area contributed by atoms with Crippen LogP contribution in [0.4, 0.5) is 13.6 Å². The Hall–Kier alpha value is -2.24. The fourth-order valence-electron chi connectivity index (χ4n) is 1.87. The van der Waals surface area contributed by atoms with Crippen molar-refractivity contribution < 1.29 is 23.5 Å². The average Bonchev–Trinajstić information content (AvgIpc) is 2.27. The molecule has 2 rings (SSSR count). The van der Waals surface area contributed by atoms with Gasteiger partial charge in [-0.15, -0.1) is 0 Å². The van der Waals surface area contributed by atoms with E-state index in [1.54, 1.807) is 0 Å². The zero-order valence-corrected chi connectivity index (χ0v) is 9.14. The van der Waals surface area contributed by atoms with Crippen LogP contribution < -0.4 is 0 Å². The van der Waals surface area contributed by atoms with Crippen molar-refractivity contribution in [2.24, 2.45) is 0 Å². The quantitative estimate of drug-likeness (QED) is 0.836. The molecule has 18 heavy (non-hydrogen) atoms. The standard InChI is InChI=1S/C12H9F2NO3/c13-8-3-7(4-9(14)5-8)11-6-10(16)1-2-15(11)12(17)18/h1-5,11H,6H2,(H,17,18)/t11-/m0/s1. The number of halogens is 2. The molecular formula is C12H9F2NO3. The van der Waals surface area contributed by atoms with Crippen LogP contribution in [0.1, 0.15) is 18.0 Å². The van der Waals surface area contributed by atoms with Gasteiger partial charge >= 0.3 is 6.09 Å². The van der Waals surface area contributed by atoms with E-state index in [2.05, 4.69) is 0 Å². The molecule has 1 aliphatic rings. The molecule has 1 aromatic rings. The van der Waals surface area contributed by atoms with Gasteiger partial charge in [-0.25, -0.2) is 13.6 Å². The van der Waals surface area contributed by atoms with Gasteiger partial charge in [-0.2, -0.15) is 0 Å². The molecule has 0 saturated carbocycles. The van der Waals surface area contributed by atoms with Crippen molar-refractivity contribution in [2.45, 2.75) is 12.5 Å². The van der Waals surface area contributed by atoms with Gasteiger partial charge < -0.3 is 5.11 Å². The maximum Gasteiger partial charge on any atom is 0.411 e. The highest BCUT2D eigenvalue weighted by atomic mass is 19.1. The Morgan fingerprint density at radius 1 is 1.28 bits per heavy atom. The van der Waals surface area contributed by atoms with Crippen LogP contribution in [0.5, 0.6) is 0 Å². The Bertz CT molecular complexity index is 522. The van der Waals surface area contributed by atoms with E-state index in [-0.39, 0.29) is 17.8 Å². The number of amides is 1. The van der Waals surface area contributed by atoms with Crippen molar-refractivity contribution in [1.82, 2.24) is 4.90 Å². The second kappa shape index (κ2) is 4.56. The first kappa shape index (κ1) is 12.2. The lowest BCUT2D eigenvalue weighted by molar-refractivity contribution is -0.116. The van der Waals surface area contributed by atoms with Crippen LogP contribution in [-0.4, -0.2) is 21.9 Å². The van der Waals surface area contributed by atoms with Gasteiger partial charge in [0.05, 0.1) is 6.04 Å². The third kappa shape index (κ3) is 2.37. The van der Waals surface area contributed by atoms with E-state index >= 15 is 0 Å². The molecule has 0 saturated heterocycles. The zero-order valence-electron chi connectivity index (χ0n) is 9.14. The molecule has 6 heteroatoms. The highest BCUT2D eigenvalue weighted by Gasteiger charge is 2.29. The number of allylic oxidation sites excluding steroid dienone is 1. The van der Waals surface area contributed by atoms with Crippen LogP contribution in [0.25, 0.3) is 0 Å². The van der Waals surface area contributed by atoms with E-state index < -0.39 is 23.8 Å². The summed E-state index contributed by atoms with van der Waals surface area (Å²) in [7, 11) is 0. The van der Waals surface area contributed by atoms with E-state index in [4.69, 9.17) is 5.11 Å². The van der Waals surface area contributed by atoms with Gasteiger partial charge in [0.15, 0.2) is 5.78 Å². The zero-order chi connectivity index (χ0) is 13.3. The summed E-state index contributed by atoms with van der Waals surface area (Å²) in [6, 6.07) is 1.84. The van der Waals surface area contributed by atoms with Crippen molar-refractivity contribution in [3.63, 3.8) is 0 Å². The molecule has 1 atom stereocenters. The van der Waals surface area contributed by atoms with Crippen molar-refractivity contribution in [3.05, 3.63) is 47.7 Å². The number of benzene rings is 1. The summed E-state index contributed by atoms with van der Waals surface area (Å²) >= 11 is 0. The summed E-state index contributed by atoms with van der Waals surface area (Å²) in [5, 5.41) is 8.97. The molecule has 0 fully saturated rings. The molecule has 1 aromatic carbocycles. The van der Waals surface area contributed by atoms with Gasteiger partial charge in [-0.05, 0) is 23.8 Å². The number of nitrogens with zero attached hydrogens (tertiary/aromatic N) is 1. The second-order valence-electron chi connectivity index (χ2n) is 3.89. The topological polar surface area (TPSA) is 57.6 Å². The molecule has 0 aromatic heterocycles. The second-order valence-corrected chi connectivity index (χ2v) is 3.89. The molecule has 94 valence electrons. The van der Waals surface area contributed by atoms with Crippen LogP contribution in [-0.2, 0) is 4.79 Å². The predicted molar refractivity (Wildman–Crippen MR) is 57.7 cm³/mol. The maximum absolute atomic E-state index is 13.1. The molecule has 1 N–H and O–H groups in total. The molecule has 0 spiro atoms. The molecule has 4 nitrogen and oxygen atoms in total. The number of carbonyl (C=O) groups excluding carboxylic acids is 1. The van der Waals surface area contributed by atoms with Crippen molar-refractivity contribution >= 4 is 11.9 Å². The number of hydrogen-bond acceptors (Lipinski definition) is 2. The number of ketones is 1. The fourth-order valence-corrected chi connectivity index (χ4v) is 1.87. The number of carbonyl (C=O) groups is 2. The lowest BCUT2D eigenvalue weighted by Crippen LogP contribution is -2.33. The minimum atomic E-state index is -1.28. The van der Waals surface area contributed by atoms with Gasteiger partial charge in [0.2, 0.25) is 0 Å². The van der Waals surface area contributed by atoms with Gasteiger partial charge in [0, 0.05) is 18.7 Å². The third-order valence-electron chi connectivity index (χ3n) is 2.64. The number of hydrogen-bond donors (Lipinski definition) is 1. The summed E-state index contributed by atoms with van der Waals surface area (Å²) in [5.74, 6) is -1.91. The lowest BCUT2D eigenvalue weighted by Gasteiger charge is -2.28. The third-order valence-corrected chi connectivity index (χ3v) is 2.64. The molecule has 0 aliphatic carbocycles. The minimum absolute atomic E-state index is 0.118. The van der Waals surface area contributed by atoms with Crippen LogP contribution in [0.2, 0.25) is 0 Å². The lowest BCUT2D eigenvalue weighted by atomic mass is 9.97. The molecule has 0 bridgehead atoms. The summed E-state index contributed by atoms with van der Waals surface area (Å²) < 4.78 is 26.2. The van der Waals surface area contributed by atoms with E-state index in [1.807, 2.05) is 0 Å². The SMILES string of the molecule is O=C1C=CN(C(=O)O)[C@H](c2cc(F)cc(F)c2)C1. The summed E-state index contributed by atoms with van der Waals surface area (Å²) in [6.07, 6.45) is 0.807. The first-order valence-corrected chi connectivity index (χ1v) is 5.15. The molecule has 1 aliphatic heterocycles. The molecule has 1 amide bonds. The molecule has 0 unspecified atom stereocenters.